The van der Waals surface area contributed by atoms with Gasteiger partial charge in [-0.3, -0.25) is 10.1 Å². The highest BCUT2D eigenvalue weighted by Gasteiger charge is 2.32. The summed E-state index contributed by atoms with van der Waals surface area (Å²) in [7, 11) is 0. The maximum atomic E-state index is 13.3. The summed E-state index contributed by atoms with van der Waals surface area (Å²) < 4.78 is 40.8. The Labute approximate surface area is 197 Å². The van der Waals surface area contributed by atoms with Crippen LogP contribution in [0.1, 0.15) is 34.5 Å². The fourth-order valence-corrected chi connectivity index (χ4v) is 5.31. The van der Waals surface area contributed by atoms with Crippen molar-refractivity contribution in [3.8, 4) is 0 Å². The largest absolute Gasteiger partial charge is 0.416 e. The van der Waals surface area contributed by atoms with Crippen molar-refractivity contribution in [2.75, 3.05) is 23.3 Å². The number of alkyl halides is 3. The van der Waals surface area contributed by atoms with E-state index >= 15 is 0 Å². The first-order valence-electron chi connectivity index (χ1n) is 9.99. The van der Waals surface area contributed by atoms with E-state index in [9.17, 15) is 18.0 Å². The molecule has 1 saturated heterocycles. The van der Waals surface area contributed by atoms with E-state index in [0.29, 0.717) is 10.7 Å². The minimum atomic E-state index is -4.49. The molecule has 1 aliphatic rings. The van der Waals surface area contributed by atoms with Crippen LogP contribution >= 0.6 is 35.2 Å². The number of halogens is 4. The Kier molecular flexibility index (Phi) is 6.60. The number of hydrogen-bond donors (Lipinski definition) is 2. The van der Waals surface area contributed by atoms with Gasteiger partial charge < -0.3 is 10.2 Å². The summed E-state index contributed by atoms with van der Waals surface area (Å²) in [4.78, 5) is 15.1. The molecule has 10 heteroatoms. The highest BCUT2D eigenvalue weighted by Crippen LogP contribution is 2.37. The number of thiophene rings is 1. The summed E-state index contributed by atoms with van der Waals surface area (Å²) in [6, 6.07) is 10.9. The first-order chi connectivity index (χ1) is 15.2. The summed E-state index contributed by atoms with van der Waals surface area (Å²) in [5, 5.41) is 6.32. The highest BCUT2D eigenvalue weighted by atomic mass is 35.5. The molecular weight excluding hydrogens is 479 g/mol. The van der Waals surface area contributed by atoms with E-state index in [1.807, 2.05) is 29.2 Å². The second kappa shape index (κ2) is 9.25. The van der Waals surface area contributed by atoms with Crippen molar-refractivity contribution in [1.82, 2.24) is 5.32 Å². The number of hydrogen-bond acceptors (Lipinski definition) is 4. The molecule has 168 valence electrons. The van der Waals surface area contributed by atoms with Crippen LogP contribution in [-0.4, -0.2) is 24.1 Å². The van der Waals surface area contributed by atoms with Crippen LogP contribution in [0.5, 0.6) is 0 Å². The molecule has 2 aromatic carbocycles. The first-order valence-corrected chi connectivity index (χ1v) is 11.6. The van der Waals surface area contributed by atoms with Gasteiger partial charge in [0.1, 0.15) is 4.88 Å². The molecule has 2 N–H and O–H groups in total. The summed E-state index contributed by atoms with van der Waals surface area (Å²) in [5.74, 6) is -0.514. The number of piperidine rings is 1. The van der Waals surface area contributed by atoms with Gasteiger partial charge in [-0.1, -0.05) is 29.8 Å². The fraction of sp³-hybridized carbons (Fsp3) is 0.273. The van der Waals surface area contributed by atoms with Gasteiger partial charge >= 0.3 is 6.18 Å². The quantitative estimate of drug-likeness (QED) is 0.396. The molecule has 32 heavy (non-hydrogen) atoms. The number of carbonyl (C=O) groups excluding carboxylic acids is 1. The van der Waals surface area contributed by atoms with Crippen LogP contribution < -0.4 is 15.5 Å². The second-order valence-electron chi connectivity index (χ2n) is 7.43. The van der Waals surface area contributed by atoms with Crippen molar-refractivity contribution in [3.05, 3.63) is 57.9 Å². The molecule has 0 aliphatic carbocycles. The van der Waals surface area contributed by atoms with Gasteiger partial charge in [0.2, 0.25) is 0 Å². The van der Waals surface area contributed by atoms with Crippen LogP contribution in [-0.2, 0) is 6.18 Å². The zero-order valence-corrected chi connectivity index (χ0v) is 19.1. The van der Waals surface area contributed by atoms with E-state index in [4.69, 9.17) is 23.8 Å². The Bertz CT molecular complexity index is 1170. The van der Waals surface area contributed by atoms with E-state index < -0.39 is 17.6 Å². The average molecular weight is 498 g/mol. The van der Waals surface area contributed by atoms with E-state index in [1.165, 1.54) is 17.4 Å². The molecule has 0 unspecified atom stereocenters. The molecule has 0 radical (unpaired) electrons. The fourth-order valence-electron chi connectivity index (χ4n) is 3.70. The molecule has 1 aromatic heterocycles. The lowest BCUT2D eigenvalue weighted by atomic mass is 10.1. The minimum absolute atomic E-state index is 0.0962. The molecule has 1 aliphatic heterocycles. The van der Waals surface area contributed by atoms with Crippen molar-refractivity contribution in [3.63, 3.8) is 0 Å². The van der Waals surface area contributed by atoms with E-state index in [-0.39, 0.29) is 15.7 Å². The summed E-state index contributed by atoms with van der Waals surface area (Å²) >= 11 is 12.8. The SMILES string of the molecule is O=C(NC(=S)Nc1cc(C(F)(F)F)ccc1N1CCCCC1)c1sc2ccccc2c1Cl. The number of thiocarbonyl (C=S) groups is 1. The molecule has 3 aromatic rings. The molecule has 4 rings (SSSR count). The molecule has 2 heterocycles. The van der Waals surface area contributed by atoms with Gasteiger partial charge in [0.15, 0.2) is 5.11 Å². The number of benzene rings is 2. The Morgan fingerprint density at radius 1 is 1.09 bits per heavy atom. The van der Waals surface area contributed by atoms with E-state index in [2.05, 4.69) is 10.6 Å². The molecule has 1 fully saturated rings. The topological polar surface area (TPSA) is 44.4 Å². The summed E-state index contributed by atoms with van der Waals surface area (Å²) in [5.41, 5.74) is 0.0334. The second-order valence-corrected chi connectivity index (χ2v) is 9.27. The van der Waals surface area contributed by atoms with Crippen LogP contribution in [0.25, 0.3) is 10.1 Å². The molecule has 0 atom stereocenters. The van der Waals surface area contributed by atoms with E-state index in [1.54, 1.807) is 0 Å². The number of amides is 1. The zero-order valence-electron chi connectivity index (χ0n) is 16.8. The number of nitrogens with zero attached hydrogens (tertiary/aromatic N) is 1. The lowest BCUT2D eigenvalue weighted by molar-refractivity contribution is -0.137. The third-order valence-electron chi connectivity index (χ3n) is 5.24. The zero-order chi connectivity index (χ0) is 22.9. The number of carbonyl (C=O) groups is 1. The summed E-state index contributed by atoms with van der Waals surface area (Å²) in [6.07, 6.45) is -1.48. The van der Waals surface area contributed by atoms with Gasteiger partial charge in [0.25, 0.3) is 5.91 Å². The molecule has 4 nitrogen and oxygen atoms in total. The molecule has 1 amide bonds. The van der Waals surface area contributed by atoms with Crippen LogP contribution in [0, 0.1) is 0 Å². The smallest absolute Gasteiger partial charge is 0.370 e. The van der Waals surface area contributed by atoms with Gasteiger partial charge in [0, 0.05) is 23.2 Å². The Balaban J connectivity index is 1.57. The van der Waals surface area contributed by atoms with Crippen molar-refractivity contribution in [2.45, 2.75) is 25.4 Å². The maximum absolute atomic E-state index is 13.3. The average Bonchev–Trinajstić information content (AvgIpc) is 3.10. The normalized spacial score (nSPS) is 14.4. The van der Waals surface area contributed by atoms with Crippen LogP contribution in [0.3, 0.4) is 0 Å². The van der Waals surface area contributed by atoms with Gasteiger partial charge in [-0.15, -0.1) is 11.3 Å². The number of anilines is 2. The minimum Gasteiger partial charge on any atom is -0.370 e. The summed E-state index contributed by atoms with van der Waals surface area (Å²) in [6.45, 7) is 1.49. The van der Waals surface area contributed by atoms with E-state index in [0.717, 1.165) is 54.6 Å². The third-order valence-corrected chi connectivity index (χ3v) is 7.12. The Morgan fingerprint density at radius 2 is 1.81 bits per heavy atom. The van der Waals surface area contributed by atoms with Crippen molar-refractivity contribution < 1.29 is 18.0 Å². The Morgan fingerprint density at radius 3 is 2.50 bits per heavy atom. The van der Waals surface area contributed by atoms with Gasteiger partial charge in [0.05, 0.1) is 22.0 Å². The highest BCUT2D eigenvalue weighted by molar-refractivity contribution is 7.80. The van der Waals surface area contributed by atoms with Crippen molar-refractivity contribution in [2.24, 2.45) is 0 Å². The van der Waals surface area contributed by atoms with Crippen LogP contribution in [0.2, 0.25) is 5.02 Å². The van der Waals surface area contributed by atoms with Gasteiger partial charge in [-0.2, -0.15) is 13.2 Å². The van der Waals surface area contributed by atoms with Crippen LogP contribution in [0.4, 0.5) is 24.5 Å². The van der Waals surface area contributed by atoms with Gasteiger partial charge in [-0.25, -0.2) is 0 Å². The standard InChI is InChI=1S/C22H19ClF3N3OS2/c23-18-14-6-2-3-7-17(14)32-19(18)20(30)28-21(31)27-15-12-13(22(24,25)26)8-9-16(15)29-10-4-1-5-11-29/h2-3,6-9,12H,1,4-5,10-11H2,(H2,27,28,30,31). The van der Waals surface area contributed by atoms with Gasteiger partial charge in [-0.05, 0) is 55.7 Å². The lowest BCUT2D eigenvalue weighted by Gasteiger charge is -2.31. The number of rotatable bonds is 3. The maximum Gasteiger partial charge on any atom is 0.416 e. The molecular formula is C22H19ClF3N3OS2. The molecule has 0 saturated carbocycles. The van der Waals surface area contributed by atoms with Crippen LogP contribution in [0.15, 0.2) is 42.5 Å². The third kappa shape index (κ3) is 4.84. The molecule has 0 bridgehead atoms. The first kappa shape index (κ1) is 22.8. The molecule has 0 spiro atoms. The Hall–Kier alpha value is -2.36. The number of nitrogens with one attached hydrogen (secondary N) is 2. The lowest BCUT2D eigenvalue weighted by Crippen LogP contribution is -2.35. The van der Waals surface area contributed by atoms with Crippen molar-refractivity contribution in [1.29, 1.82) is 0 Å². The number of fused-ring (bicyclic) bond motifs is 1. The predicted molar refractivity (Wildman–Crippen MR) is 128 cm³/mol. The van der Waals surface area contributed by atoms with Crippen molar-refractivity contribution >= 4 is 67.6 Å². The predicted octanol–water partition coefficient (Wildman–Crippen LogP) is 6.69. The monoisotopic (exact) mass is 497 g/mol.